The van der Waals surface area contributed by atoms with Crippen LogP contribution in [-0.2, 0) is 33.7 Å². The number of hydrogen-bond acceptors (Lipinski definition) is 9. The van der Waals surface area contributed by atoms with E-state index in [4.69, 9.17) is 11.6 Å². The molecule has 4 aliphatic rings. The summed E-state index contributed by atoms with van der Waals surface area (Å²) < 4.78 is 88.7. The Hall–Kier alpha value is -4.93. The fourth-order valence-electron chi connectivity index (χ4n) is 7.89. The molecule has 0 bridgehead atoms. The van der Waals surface area contributed by atoms with Crippen molar-refractivity contribution in [2.45, 2.75) is 68.9 Å². The number of carbonyl (C=O) groups is 2. The summed E-state index contributed by atoms with van der Waals surface area (Å²) in [5.74, 6) is -2.42. The van der Waals surface area contributed by atoms with E-state index in [2.05, 4.69) is 37.7 Å². The maximum atomic E-state index is 15.7. The number of sulfonamides is 1. The van der Waals surface area contributed by atoms with Crippen LogP contribution in [-0.4, -0.2) is 85.1 Å². The lowest BCUT2D eigenvalue weighted by molar-refractivity contribution is -0.123. The molecule has 58 heavy (non-hydrogen) atoms. The van der Waals surface area contributed by atoms with Crippen LogP contribution >= 0.6 is 11.6 Å². The number of aliphatic hydroxyl groups is 1. The number of nitrogens with zero attached hydrogens (tertiary/aromatic N) is 4. The topological polar surface area (TPSA) is 161 Å². The number of dihydropyridines is 1. The standard InChI is InChI=1S/C39H41ClF4N8O5S/c1-38(2,55)12-11-22-7-8-23(24-9-10-27(40)31-34(24)51(5)48-36(31)49-58(6,56)57)32(45-22)28(15-19-13-20(41)16-21(42)14-19)46-29(53)18-52-35-30(25-17-26(25)39(35,43)44)33(47-52)37(54)50(3)4/h7-10,13-14,16,25-26,28,32,36,45,48-49,55H,15,17-18H2,1-6H3,(H,46,53)/t25-,26+,28-,32?,36?/m0/s1. The summed E-state index contributed by atoms with van der Waals surface area (Å²) in [5, 5.41) is 22.6. The van der Waals surface area contributed by atoms with Crippen molar-refractivity contribution in [1.82, 2.24) is 35.5 Å². The van der Waals surface area contributed by atoms with Gasteiger partial charge in [-0.3, -0.25) is 14.3 Å². The molecule has 0 radical (unpaired) electrons. The molecule has 5 atom stereocenters. The summed E-state index contributed by atoms with van der Waals surface area (Å²) in [6.45, 7) is 2.25. The zero-order chi connectivity index (χ0) is 42.2. The van der Waals surface area contributed by atoms with Gasteiger partial charge in [-0.25, -0.2) is 22.6 Å². The van der Waals surface area contributed by atoms with Gasteiger partial charge in [0.2, 0.25) is 15.9 Å². The Balaban J connectivity index is 1.32. The Labute approximate surface area is 337 Å². The molecule has 3 heterocycles. The molecule has 0 spiro atoms. The number of rotatable bonds is 10. The molecule has 2 aliphatic heterocycles. The first-order valence-electron chi connectivity index (χ1n) is 18.2. The van der Waals surface area contributed by atoms with Gasteiger partial charge in [0.1, 0.15) is 35.6 Å². The van der Waals surface area contributed by atoms with Gasteiger partial charge in [0, 0.05) is 54.8 Å². The highest BCUT2D eigenvalue weighted by molar-refractivity contribution is 7.88. The molecule has 2 aliphatic carbocycles. The number of nitrogens with one attached hydrogen (secondary N) is 4. The van der Waals surface area contributed by atoms with E-state index in [9.17, 15) is 31.9 Å². The fourth-order valence-corrected chi connectivity index (χ4v) is 8.75. The molecule has 3 aromatic rings. The van der Waals surface area contributed by atoms with Crippen LogP contribution in [0.25, 0.3) is 5.57 Å². The Morgan fingerprint density at radius 2 is 1.84 bits per heavy atom. The SMILES string of the molecule is CN(C)C(=O)c1nn(CC(=O)N[C@@H](Cc2cc(F)cc(F)c2)C2NC(C#CC(C)(C)O)=CC=C2c2ccc(Cl)c3c2N(C)NC3NS(C)(=O)=O)c2c1[C@H]1C[C@H]1C2(F)F. The zero-order valence-corrected chi connectivity index (χ0v) is 33.8. The minimum atomic E-state index is -3.73. The molecule has 19 heteroatoms. The smallest absolute Gasteiger partial charge is 0.293 e. The minimum absolute atomic E-state index is 0.130. The van der Waals surface area contributed by atoms with E-state index in [1.54, 1.807) is 36.3 Å². The Morgan fingerprint density at radius 1 is 1.16 bits per heavy atom. The molecule has 1 aromatic heterocycles. The summed E-state index contributed by atoms with van der Waals surface area (Å²) in [5.41, 5.74) is 3.43. The van der Waals surface area contributed by atoms with Crippen LogP contribution in [0.2, 0.25) is 5.02 Å². The number of anilines is 1. The first kappa shape index (κ1) is 41.2. The second-order valence-corrected chi connectivity index (χ2v) is 17.9. The van der Waals surface area contributed by atoms with Crippen LogP contribution in [0.4, 0.5) is 23.2 Å². The van der Waals surface area contributed by atoms with Crippen molar-refractivity contribution in [3.05, 3.63) is 98.5 Å². The molecule has 5 N–H and O–H groups in total. The number of amides is 2. The predicted molar refractivity (Wildman–Crippen MR) is 208 cm³/mol. The first-order chi connectivity index (χ1) is 27.0. The lowest BCUT2D eigenvalue weighted by Gasteiger charge is -2.35. The number of hydrogen-bond donors (Lipinski definition) is 5. The number of alkyl halides is 2. The molecule has 13 nitrogen and oxygen atoms in total. The number of carbonyl (C=O) groups excluding carboxylic acids is 2. The maximum Gasteiger partial charge on any atom is 0.293 e. The van der Waals surface area contributed by atoms with E-state index in [0.29, 0.717) is 34.2 Å². The van der Waals surface area contributed by atoms with Crippen LogP contribution < -0.4 is 25.8 Å². The van der Waals surface area contributed by atoms with Gasteiger partial charge < -0.3 is 25.6 Å². The van der Waals surface area contributed by atoms with Crippen molar-refractivity contribution in [2.75, 3.05) is 32.4 Å². The number of fused-ring (bicyclic) bond motifs is 4. The Kier molecular flexibility index (Phi) is 10.5. The number of aromatic nitrogens is 2. The second kappa shape index (κ2) is 14.7. The van der Waals surface area contributed by atoms with Gasteiger partial charge in [-0.05, 0) is 73.9 Å². The van der Waals surface area contributed by atoms with Crippen LogP contribution in [0.3, 0.4) is 0 Å². The second-order valence-electron chi connectivity index (χ2n) is 15.7. The zero-order valence-electron chi connectivity index (χ0n) is 32.2. The minimum Gasteiger partial charge on any atom is -0.378 e. The van der Waals surface area contributed by atoms with Gasteiger partial charge in [0.25, 0.3) is 11.8 Å². The van der Waals surface area contributed by atoms with Crippen LogP contribution in [0.1, 0.15) is 70.8 Å². The van der Waals surface area contributed by atoms with E-state index < -0.39 is 87.3 Å². The monoisotopic (exact) mass is 844 g/mol. The normalized spacial score (nSPS) is 22.0. The largest absolute Gasteiger partial charge is 0.378 e. The summed E-state index contributed by atoms with van der Waals surface area (Å²) in [6, 6.07) is 4.10. The molecule has 7 rings (SSSR count). The fraction of sp³-hybridized carbons (Fsp3) is 0.410. The molecule has 2 amide bonds. The highest BCUT2D eigenvalue weighted by Gasteiger charge is 2.67. The number of benzene rings is 2. The lowest BCUT2D eigenvalue weighted by Crippen LogP contribution is -2.53. The molecular weight excluding hydrogens is 804 g/mol. The van der Waals surface area contributed by atoms with Crippen LogP contribution in [0.15, 0.2) is 48.2 Å². The van der Waals surface area contributed by atoms with Gasteiger partial charge in [0.15, 0.2) is 5.69 Å². The van der Waals surface area contributed by atoms with Crippen molar-refractivity contribution in [2.24, 2.45) is 5.92 Å². The highest BCUT2D eigenvalue weighted by atomic mass is 35.5. The van der Waals surface area contributed by atoms with E-state index in [-0.39, 0.29) is 34.7 Å². The summed E-state index contributed by atoms with van der Waals surface area (Å²) in [6.07, 6.45) is 3.35. The van der Waals surface area contributed by atoms with Crippen molar-refractivity contribution < 1.29 is 40.7 Å². The van der Waals surface area contributed by atoms with E-state index in [1.165, 1.54) is 32.8 Å². The highest BCUT2D eigenvalue weighted by Crippen LogP contribution is 2.67. The first-order valence-corrected chi connectivity index (χ1v) is 20.5. The third kappa shape index (κ3) is 8.06. The van der Waals surface area contributed by atoms with Gasteiger partial charge in [-0.1, -0.05) is 29.7 Å². The van der Waals surface area contributed by atoms with Gasteiger partial charge in [-0.2, -0.15) is 18.6 Å². The third-order valence-corrected chi connectivity index (χ3v) is 11.3. The molecule has 308 valence electrons. The molecule has 0 saturated heterocycles. The molecule has 2 aromatic carbocycles. The number of hydrazine groups is 1. The maximum absolute atomic E-state index is 15.7. The molecule has 1 saturated carbocycles. The van der Waals surface area contributed by atoms with Crippen molar-refractivity contribution in [1.29, 1.82) is 0 Å². The average molecular weight is 845 g/mol. The summed E-state index contributed by atoms with van der Waals surface area (Å²) in [7, 11) is 0.863. The van der Waals surface area contributed by atoms with Crippen molar-refractivity contribution in [3.8, 4) is 11.8 Å². The van der Waals surface area contributed by atoms with Crippen LogP contribution in [0.5, 0.6) is 0 Å². The van der Waals surface area contributed by atoms with Crippen molar-refractivity contribution in [3.63, 3.8) is 0 Å². The van der Waals surface area contributed by atoms with E-state index >= 15 is 8.78 Å². The Morgan fingerprint density at radius 3 is 2.48 bits per heavy atom. The quantitative estimate of drug-likeness (QED) is 0.152. The third-order valence-electron chi connectivity index (χ3n) is 10.3. The average Bonchev–Trinajstić information content (AvgIpc) is 3.65. The van der Waals surface area contributed by atoms with Gasteiger partial charge >= 0.3 is 0 Å². The summed E-state index contributed by atoms with van der Waals surface area (Å²) in [4.78, 5) is 28.5. The predicted octanol–water partition coefficient (Wildman–Crippen LogP) is 3.67. The van der Waals surface area contributed by atoms with E-state index in [0.717, 1.165) is 23.1 Å². The molecule has 1 fully saturated rings. The van der Waals surface area contributed by atoms with Crippen LogP contribution in [0, 0.1) is 29.4 Å². The molecular formula is C39H41ClF4N8O5S. The van der Waals surface area contributed by atoms with E-state index in [1.807, 2.05) is 0 Å². The summed E-state index contributed by atoms with van der Waals surface area (Å²) >= 11 is 6.66. The van der Waals surface area contributed by atoms with Crippen molar-refractivity contribution >= 4 is 44.7 Å². The van der Waals surface area contributed by atoms with Gasteiger partial charge in [0.05, 0.1) is 29.7 Å². The van der Waals surface area contributed by atoms with Gasteiger partial charge in [-0.15, -0.1) is 0 Å². The number of halogens is 5. The Bertz CT molecular complexity index is 2450. The molecule has 2 unspecified atom stereocenters. The lowest BCUT2D eigenvalue weighted by atomic mass is 9.85. The number of allylic oxidation sites excluding steroid dienone is 3.